The van der Waals surface area contributed by atoms with Crippen molar-refractivity contribution in [2.45, 2.75) is 6.92 Å². The minimum atomic E-state index is 0.898. The van der Waals surface area contributed by atoms with Crippen molar-refractivity contribution in [1.82, 2.24) is 9.14 Å². The molecule has 4 nitrogen and oxygen atoms in total. The van der Waals surface area contributed by atoms with Gasteiger partial charge in [0.05, 0.1) is 16.7 Å². The van der Waals surface area contributed by atoms with Gasteiger partial charge in [0.25, 0.3) is 0 Å². The van der Waals surface area contributed by atoms with Crippen LogP contribution in [-0.4, -0.2) is 10.3 Å². The first-order valence-electron chi connectivity index (χ1n) is 24.1. The Balaban J connectivity index is 0.833. The summed E-state index contributed by atoms with van der Waals surface area (Å²) in [6, 6.07) is 70.3. The Labute approximate surface area is 414 Å². The first-order chi connectivity index (χ1) is 35.1. The molecule has 0 amide bonds. The maximum Gasteiger partial charge on any atom is 0.226 e. The van der Waals surface area contributed by atoms with E-state index in [1.54, 1.807) is 0 Å². The van der Waals surface area contributed by atoms with Crippen LogP contribution in [0.2, 0.25) is 0 Å². The molecule has 14 rings (SSSR count). The molecule has 0 fully saturated rings. The Morgan fingerprint density at radius 3 is 2.15 bits per heavy atom. The number of allylic oxidation sites excluding steroid dienone is 8. The van der Waals surface area contributed by atoms with Crippen molar-refractivity contribution in [2.75, 3.05) is 4.90 Å². The molecule has 0 atom stereocenters. The normalized spacial score (nSPS) is 14.7. The Hall–Kier alpha value is -9.03. The van der Waals surface area contributed by atoms with Crippen molar-refractivity contribution in [2.24, 2.45) is 0 Å². The van der Waals surface area contributed by atoms with Crippen molar-refractivity contribution in [3.63, 3.8) is 0 Å². The number of aromatic nitrogens is 1. The molecule has 0 radical (unpaired) electrons. The van der Waals surface area contributed by atoms with Crippen molar-refractivity contribution in [3.8, 4) is 16.8 Å². The number of fused-ring (bicyclic) bond motifs is 12. The molecule has 71 heavy (non-hydrogen) atoms. The lowest BCUT2D eigenvalue weighted by molar-refractivity contribution is 0.669. The summed E-state index contributed by atoms with van der Waals surface area (Å²) in [6.07, 6.45) is 15.2. The van der Waals surface area contributed by atoms with Gasteiger partial charge < -0.3 is 13.9 Å². The summed E-state index contributed by atoms with van der Waals surface area (Å²) >= 11 is 1.85. The number of nitrogens with zero attached hydrogens (tertiary/aromatic N) is 3. The molecular formula is C66H44N3OS+. The summed E-state index contributed by atoms with van der Waals surface area (Å²) in [5, 5.41) is 7.25. The molecule has 5 heteroatoms. The first kappa shape index (κ1) is 41.0. The van der Waals surface area contributed by atoms with E-state index in [0.717, 1.165) is 72.7 Å². The largest absolute Gasteiger partial charge is 0.456 e. The minimum absolute atomic E-state index is 0.898. The van der Waals surface area contributed by atoms with Crippen LogP contribution in [0.3, 0.4) is 0 Å². The molecule has 2 aliphatic heterocycles. The zero-order valence-corrected chi connectivity index (χ0v) is 39.7. The average Bonchev–Trinajstić information content (AvgIpc) is 4.08. The van der Waals surface area contributed by atoms with E-state index in [4.69, 9.17) is 4.42 Å². The molecule has 0 N–H and O–H groups in total. The number of hydrogen-bond acceptors (Lipinski definition) is 3. The number of anilines is 2. The average molecular weight is 927 g/mol. The number of benzene rings is 9. The molecular weight excluding hydrogens is 883 g/mol. The lowest BCUT2D eigenvalue weighted by Gasteiger charge is -2.26. The van der Waals surface area contributed by atoms with E-state index >= 15 is 0 Å². The number of hydrogen-bond donors (Lipinski definition) is 0. The van der Waals surface area contributed by atoms with Crippen LogP contribution in [0.1, 0.15) is 23.6 Å². The second-order valence-corrected chi connectivity index (χ2v) is 19.4. The van der Waals surface area contributed by atoms with Crippen molar-refractivity contribution >= 4 is 115 Å². The van der Waals surface area contributed by atoms with Crippen LogP contribution < -0.4 is 9.48 Å². The zero-order valence-electron chi connectivity index (χ0n) is 38.9. The van der Waals surface area contributed by atoms with Gasteiger partial charge in [-0.15, -0.1) is 11.3 Å². The number of furan rings is 1. The summed E-state index contributed by atoms with van der Waals surface area (Å²) in [4.78, 5) is 2.30. The van der Waals surface area contributed by atoms with E-state index in [9.17, 15) is 0 Å². The molecule has 0 unspecified atom stereocenters. The van der Waals surface area contributed by atoms with Gasteiger partial charge in [-0.2, -0.15) is 4.58 Å². The fourth-order valence-corrected chi connectivity index (χ4v) is 12.2. The standard InChI is InChI=1S/C66H44N3OS/c1-3-15-43(45-27-35-63-55(39-45)52-21-7-11-26-62(52)70-63)41-61-54-22-6-10-25-59(54)69(61)49-18-14-17-44(38-49)46-28-36-64-56(40-46)53-33-34-60-65(66(53)71-64)42(2)16-12-13-37-67(60)47-29-31-48(32-30-47)68-57-23-8-4-19-50(57)51-20-5-9-24-58(51)68/h3-41H,2H2,1H3/q+1/b15-3-,16-12-,37-13-,43-41+. The molecule has 334 valence electrons. The fraction of sp³-hybridized carbons (Fsp3) is 0.0152. The summed E-state index contributed by atoms with van der Waals surface area (Å²) < 4.78 is 13.4. The maximum atomic E-state index is 6.19. The van der Waals surface area contributed by atoms with Crippen LogP contribution in [0.5, 0.6) is 0 Å². The maximum absolute atomic E-state index is 6.19. The third kappa shape index (κ3) is 6.55. The van der Waals surface area contributed by atoms with Gasteiger partial charge in [-0.3, -0.25) is 0 Å². The van der Waals surface area contributed by atoms with Crippen LogP contribution in [0.4, 0.5) is 22.7 Å². The molecule has 0 saturated heterocycles. The molecule has 9 aromatic carbocycles. The van der Waals surface area contributed by atoms with Gasteiger partial charge in [-0.1, -0.05) is 128 Å². The monoisotopic (exact) mass is 926 g/mol. The van der Waals surface area contributed by atoms with E-state index in [1.165, 1.54) is 64.4 Å². The third-order valence-electron chi connectivity index (χ3n) is 14.3. The van der Waals surface area contributed by atoms with Gasteiger partial charge in [0.1, 0.15) is 16.7 Å². The van der Waals surface area contributed by atoms with E-state index in [0.29, 0.717) is 0 Å². The Bertz CT molecular complexity index is 4320. The van der Waals surface area contributed by atoms with Crippen molar-refractivity contribution < 1.29 is 4.42 Å². The highest BCUT2D eigenvalue weighted by Gasteiger charge is 2.36. The smallest absolute Gasteiger partial charge is 0.226 e. The predicted molar refractivity (Wildman–Crippen MR) is 304 cm³/mol. The third-order valence-corrected chi connectivity index (χ3v) is 15.5. The van der Waals surface area contributed by atoms with E-state index < -0.39 is 0 Å². The molecule has 12 aromatic rings. The Morgan fingerprint density at radius 1 is 0.592 bits per heavy atom. The SMILES string of the molecule is C=C1/C=C\C=C/N(c2ccc(-n3c4ccccc4c4ccccc43)cc2)c2ccc3c(sc4ccc(-c5cccc([N+]6=C(/C=C(\C=C/C)c7ccc8oc9ccccc9c8c7)c7ccccc76)c5)cc43)c21. The van der Waals surface area contributed by atoms with Crippen LogP contribution in [0, 0.1) is 0 Å². The van der Waals surface area contributed by atoms with Gasteiger partial charge in [0.2, 0.25) is 17.1 Å². The predicted octanol–water partition coefficient (Wildman–Crippen LogP) is 18.2. The molecule has 0 spiro atoms. The van der Waals surface area contributed by atoms with E-state index in [1.807, 2.05) is 23.5 Å². The second-order valence-electron chi connectivity index (χ2n) is 18.3. The van der Waals surface area contributed by atoms with E-state index in [2.05, 4.69) is 252 Å². The molecule has 0 bridgehead atoms. The zero-order chi connectivity index (χ0) is 47.2. The number of thiophene rings is 1. The molecule has 0 saturated carbocycles. The quantitative estimate of drug-likeness (QED) is 0.117. The highest BCUT2D eigenvalue weighted by molar-refractivity contribution is 7.26. The summed E-state index contributed by atoms with van der Waals surface area (Å²) in [7, 11) is 0. The molecule has 0 aliphatic carbocycles. The highest BCUT2D eigenvalue weighted by atomic mass is 32.1. The minimum Gasteiger partial charge on any atom is -0.456 e. The topological polar surface area (TPSA) is 24.3 Å². The van der Waals surface area contributed by atoms with Gasteiger partial charge in [0.15, 0.2) is 0 Å². The highest BCUT2D eigenvalue weighted by Crippen LogP contribution is 2.47. The molecule has 2 aliphatic rings. The molecule has 3 aromatic heterocycles. The van der Waals surface area contributed by atoms with Crippen LogP contribution in [0.15, 0.2) is 248 Å². The van der Waals surface area contributed by atoms with E-state index in [-0.39, 0.29) is 0 Å². The van der Waals surface area contributed by atoms with Crippen molar-refractivity contribution in [3.05, 3.63) is 260 Å². The van der Waals surface area contributed by atoms with Crippen molar-refractivity contribution in [1.29, 1.82) is 0 Å². The summed E-state index contributed by atoms with van der Waals surface area (Å²) in [5.41, 5.74) is 19.0. The Morgan fingerprint density at radius 2 is 1.32 bits per heavy atom. The van der Waals surface area contributed by atoms with Crippen LogP contribution >= 0.6 is 11.3 Å². The van der Waals surface area contributed by atoms with Crippen LogP contribution in [-0.2, 0) is 0 Å². The van der Waals surface area contributed by atoms with Gasteiger partial charge >= 0.3 is 0 Å². The second kappa shape index (κ2) is 16.3. The van der Waals surface area contributed by atoms with Gasteiger partial charge in [-0.25, -0.2) is 0 Å². The van der Waals surface area contributed by atoms with Gasteiger partial charge in [0, 0.05) is 89.1 Å². The lowest BCUT2D eigenvalue weighted by Crippen LogP contribution is -2.27. The number of rotatable bonds is 7. The Kier molecular flexibility index (Phi) is 9.41. The summed E-state index contributed by atoms with van der Waals surface area (Å²) in [5.74, 6) is 0. The van der Waals surface area contributed by atoms with Gasteiger partial charge in [-0.05, 0) is 120 Å². The first-order valence-corrected chi connectivity index (χ1v) is 24.9. The summed E-state index contributed by atoms with van der Waals surface area (Å²) in [6.45, 7) is 6.72. The number of para-hydroxylation sites is 4. The fourth-order valence-electron chi connectivity index (χ4n) is 11.0. The molecule has 5 heterocycles. The lowest BCUT2D eigenvalue weighted by atomic mass is 9.93. The van der Waals surface area contributed by atoms with Crippen LogP contribution in [0.25, 0.3) is 91.9 Å².